The van der Waals surface area contributed by atoms with Gasteiger partial charge in [0.15, 0.2) is 6.29 Å². The van der Waals surface area contributed by atoms with Crippen molar-refractivity contribution in [3.63, 3.8) is 0 Å². The number of halogens is 2. The zero-order valence-electron chi connectivity index (χ0n) is 70.1. The first kappa shape index (κ1) is 92.1. The Bertz CT molecular complexity index is 8060. The molecule has 39 heteroatoms. The number of nitro benzene ring substituents is 2. The number of aromatic nitrogens is 12. The summed E-state index contributed by atoms with van der Waals surface area (Å²) in [6.07, 6.45) is 8.74. The minimum Gasteiger partial charge on any atom is -0.459 e. The van der Waals surface area contributed by atoms with Crippen molar-refractivity contribution >= 4 is 17.7 Å². The molecule has 0 aliphatic heterocycles. The van der Waals surface area contributed by atoms with Gasteiger partial charge in [0, 0.05) is 89.3 Å². The largest absolute Gasteiger partial charge is 0.459 e. The first-order valence-electron chi connectivity index (χ1n) is 39.9. The van der Waals surface area contributed by atoms with Crippen molar-refractivity contribution in [3.8, 4) is 67.9 Å². The molecule has 6 aromatic carbocycles. The van der Waals surface area contributed by atoms with Crippen LogP contribution in [0.2, 0.25) is 0 Å². The molecule has 0 fully saturated rings. The third-order valence-corrected chi connectivity index (χ3v) is 19.6. The van der Waals surface area contributed by atoms with E-state index in [1.807, 2.05) is 89.9 Å². The van der Waals surface area contributed by atoms with Gasteiger partial charge in [0.1, 0.15) is 80.8 Å². The zero-order valence-corrected chi connectivity index (χ0v) is 70.1. The number of H-pyrrole nitrogens is 6. The zero-order chi connectivity index (χ0) is 94.5. The van der Waals surface area contributed by atoms with Crippen LogP contribution in [0, 0.1) is 52.6 Å². The van der Waals surface area contributed by atoms with Gasteiger partial charge in [-0.25, -0.2) is 37.5 Å². The summed E-state index contributed by atoms with van der Waals surface area (Å²) < 4.78 is 69.0. The van der Waals surface area contributed by atoms with Crippen LogP contribution in [-0.2, 0) is 39.3 Å². The Morgan fingerprint density at radius 1 is 0.293 bits per heavy atom. The number of benzene rings is 6. The lowest BCUT2D eigenvalue weighted by atomic mass is 10.1. The number of hydrogen-bond acceptors (Lipinski definition) is 23. The summed E-state index contributed by atoms with van der Waals surface area (Å²) in [6.45, 7) is 5.80. The van der Waals surface area contributed by atoms with Crippen LogP contribution in [0.15, 0.2) is 364 Å². The number of furan rings is 6. The number of carbonyl (C=O) groups is 1. The quantitative estimate of drug-likeness (QED) is 0.0221. The van der Waals surface area contributed by atoms with Crippen LogP contribution < -0.4 is 67.5 Å². The third kappa shape index (κ3) is 23.8. The molecule has 18 aromatic rings. The number of aryl methyl sites for hydroxylation is 3. The Morgan fingerprint density at radius 2 is 0.549 bits per heavy atom. The van der Waals surface area contributed by atoms with Gasteiger partial charge in [0.25, 0.3) is 44.7 Å². The summed E-state index contributed by atoms with van der Waals surface area (Å²) in [6, 6.07) is 67.3. The van der Waals surface area contributed by atoms with Gasteiger partial charge in [-0.3, -0.25) is 111 Å². The molecule has 12 heterocycles. The maximum absolute atomic E-state index is 13.7. The van der Waals surface area contributed by atoms with Crippen molar-refractivity contribution in [1.29, 1.82) is 0 Å². The Labute approximate surface area is 742 Å². The summed E-state index contributed by atoms with van der Waals surface area (Å²) in [7, 11) is 0. The standard InChI is InChI=1S/C16H13FN2O3.C16H11N3O6.C16H13N3O5.C16H14N2O3.C15H11FN2O3.C15H12N2O3/c1-10-8-19(16(21)18-15(10)20)9-11-6-7-14(22-11)12-4-2-3-5-13(12)17;20-9-10-7-18(16(22)17-15(10)21)8-11-5-6-14(25-11)12-3-1-2-4-13(12)19(23)24;1-10-8-18(16(21)17-15(10)20)9-11-6-7-14(24-11)12-4-2-3-5-13(12)19(22)23;1-11-9-18(16(20)17-15(11)19)10-13-7-8-14(21-13)12-5-3-2-4-6-12;16-12-4-2-1-3-11(12)13-6-5-10(21-13)9-18-8-7-14(19)17-15(18)20;18-14-8-9-17(15(19)16-14)10-12-6-7-13(20-12)11-4-2-1-3-5-11/h2-8H,9H2,1H3,(H,18,20,21);1-7,9H,8H2,(H,17,21,22);2-8H,9H2,1H3,(H,17,20,21);2-9H,10H2,1H3,(H,17,19,20);1-8H,9H2,(H,17,19,20);1-9H,10H2,(H,16,18,19). The molecule has 6 N–H and O–H groups in total. The Morgan fingerprint density at radius 3 is 0.857 bits per heavy atom. The van der Waals surface area contributed by atoms with Crippen molar-refractivity contribution < 1.29 is 49.9 Å². The van der Waals surface area contributed by atoms with Crippen molar-refractivity contribution in [2.24, 2.45) is 0 Å². The summed E-state index contributed by atoms with van der Waals surface area (Å²) in [5.74, 6) is 5.20. The predicted molar refractivity (Wildman–Crippen MR) is 480 cm³/mol. The molecule has 18 rings (SSSR count). The normalized spacial score (nSPS) is 10.7. The number of nitrogens with zero attached hydrogens (tertiary/aromatic N) is 8. The van der Waals surface area contributed by atoms with Gasteiger partial charge in [-0.05, 0) is 130 Å². The van der Waals surface area contributed by atoms with E-state index >= 15 is 0 Å². The molecule has 0 aliphatic rings. The second kappa shape index (κ2) is 42.1. The van der Waals surface area contributed by atoms with E-state index in [9.17, 15) is 91.3 Å². The SMILES string of the molecule is Cc1cn(Cc2ccc(-c3ccccc3)o2)c(=O)[nH]c1=O.Cc1cn(Cc2ccc(-c3ccccc3F)o2)c(=O)[nH]c1=O.Cc1cn(Cc2ccc(-c3ccccc3[N+](=O)[O-])o2)c(=O)[nH]c1=O.O=Cc1cn(Cc2ccc(-c3ccccc3[N+](=O)[O-])o2)c(=O)[nH]c1=O.O=c1ccn(Cc2ccc(-c3ccccc3)o2)c(=O)[nH]1.O=c1ccn(Cc2ccc(-c3ccccc3F)o2)c(=O)[nH]1. The fraction of sp³-hybridized carbons (Fsp3) is 0.0957. The molecule has 0 bridgehead atoms. The number of nitrogens with one attached hydrogen (secondary N) is 6. The van der Waals surface area contributed by atoms with E-state index in [0.717, 1.165) is 33.4 Å². The molecule has 0 unspecified atom stereocenters. The Hall–Kier alpha value is -18.6. The summed E-state index contributed by atoms with van der Waals surface area (Å²) in [5.41, 5.74) is -1.69. The molecule has 0 saturated carbocycles. The molecule has 0 aliphatic carbocycles. The number of carbonyl (C=O) groups excluding carboxylic acids is 1. The number of hydrogen-bond donors (Lipinski definition) is 6. The highest BCUT2D eigenvalue weighted by molar-refractivity contribution is 5.73. The number of para-hydroxylation sites is 2. The highest BCUT2D eigenvalue weighted by Gasteiger charge is 2.22. The van der Waals surface area contributed by atoms with E-state index in [2.05, 4.69) is 24.9 Å². The lowest BCUT2D eigenvalue weighted by Crippen LogP contribution is -2.31. The van der Waals surface area contributed by atoms with Gasteiger partial charge in [-0.15, -0.1) is 0 Å². The monoisotopic (exact) mass is 1800 g/mol. The highest BCUT2D eigenvalue weighted by Crippen LogP contribution is 2.34. The summed E-state index contributed by atoms with van der Waals surface area (Å²) in [5, 5.41) is 22.2. The van der Waals surface area contributed by atoms with Crippen molar-refractivity contribution in [2.75, 3.05) is 0 Å². The van der Waals surface area contributed by atoms with E-state index in [0.29, 0.717) is 97.1 Å². The molecular formula is C94H74F2N14O23. The fourth-order valence-corrected chi connectivity index (χ4v) is 13.0. The van der Waals surface area contributed by atoms with Gasteiger partial charge in [0.2, 0.25) is 0 Å². The molecule has 0 atom stereocenters. The van der Waals surface area contributed by atoms with Crippen LogP contribution in [0.5, 0.6) is 0 Å². The molecule has 0 saturated heterocycles. The minimum absolute atomic E-state index is 0.0446. The topological polar surface area (TPSA) is 511 Å². The number of aromatic amines is 6. The molecule has 12 aromatic heterocycles. The average molecular weight is 1810 g/mol. The smallest absolute Gasteiger partial charge is 0.328 e. The van der Waals surface area contributed by atoms with Gasteiger partial charge >= 0.3 is 34.1 Å². The molecule has 0 radical (unpaired) electrons. The van der Waals surface area contributed by atoms with E-state index in [1.54, 1.807) is 142 Å². The second-order valence-corrected chi connectivity index (χ2v) is 29.0. The molecule has 37 nitrogen and oxygen atoms in total. The molecule has 133 heavy (non-hydrogen) atoms. The van der Waals surface area contributed by atoms with Crippen LogP contribution >= 0.6 is 0 Å². The number of nitro groups is 2. The Kier molecular flexibility index (Phi) is 29.2. The minimum atomic E-state index is -0.767. The molecule has 672 valence electrons. The van der Waals surface area contributed by atoms with Gasteiger partial charge < -0.3 is 26.5 Å². The van der Waals surface area contributed by atoms with E-state index in [4.69, 9.17) is 26.5 Å². The fourth-order valence-electron chi connectivity index (χ4n) is 13.0. The van der Waals surface area contributed by atoms with E-state index in [1.165, 1.54) is 90.2 Å². The summed E-state index contributed by atoms with van der Waals surface area (Å²) in [4.78, 5) is 183. The van der Waals surface area contributed by atoms with Gasteiger partial charge in [-0.1, -0.05) is 109 Å². The molecular weight excluding hydrogens is 1730 g/mol. The molecule has 0 spiro atoms. The lowest BCUT2D eigenvalue weighted by molar-refractivity contribution is -0.384. The highest BCUT2D eigenvalue weighted by atomic mass is 19.1. The maximum atomic E-state index is 13.7. The van der Waals surface area contributed by atoms with Crippen molar-refractivity contribution in [3.05, 3.63) is 494 Å². The van der Waals surface area contributed by atoms with Crippen LogP contribution in [0.1, 0.15) is 61.6 Å². The first-order chi connectivity index (χ1) is 64.0. The average Bonchev–Trinajstić information content (AvgIpc) is 1.70. The third-order valence-electron chi connectivity index (χ3n) is 19.6. The van der Waals surface area contributed by atoms with Crippen LogP contribution in [-0.4, -0.2) is 73.4 Å². The van der Waals surface area contributed by atoms with Crippen LogP contribution in [0.4, 0.5) is 20.2 Å². The van der Waals surface area contributed by atoms with Gasteiger partial charge in [-0.2, -0.15) is 0 Å². The first-order valence-corrected chi connectivity index (χ1v) is 39.9. The van der Waals surface area contributed by atoms with E-state index < -0.39 is 71.8 Å². The summed E-state index contributed by atoms with van der Waals surface area (Å²) >= 11 is 0. The second-order valence-electron chi connectivity index (χ2n) is 29.0. The van der Waals surface area contributed by atoms with E-state index in [-0.39, 0.29) is 79.2 Å². The van der Waals surface area contributed by atoms with Crippen LogP contribution in [0.3, 0.4) is 0 Å². The van der Waals surface area contributed by atoms with Crippen LogP contribution in [0.25, 0.3) is 67.9 Å². The number of aldehydes is 1. The van der Waals surface area contributed by atoms with Crippen molar-refractivity contribution in [2.45, 2.75) is 60.0 Å². The molecule has 0 amide bonds. The lowest BCUT2D eigenvalue weighted by Gasteiger charge is -2.03. The number of rotatable bonds is 21. The van der Waals surface area contributed by atoms with Crippen molar-refractivity contribution in [1.82, 2.24) is 57.3 Å². The predicted octanol–water partition coefficient (Wildman–Crippen LogP) is 11.9. The maximum Gasteiger partial charge on any atom is 0.328 e. The Balaban J connectivity index is 0.000000136. The van der Waals surface area contributed by atoms with Gasteiger partial charge in [0.05, 0.1) is 76.9 Å².